The first kappa shape index (κ1) is 19.6. The molecule has 0 saturated carbocycles. The Hall–Kier alpha value is -3.19. The van der Waals surface area contributed by atoms with Crippen molar-refractivity contribution < 1.29 is 19.1 Å². The van der Waals surface area contributed by atoms with Crippen molar-refractivity contribution in [3.8, 4) is 5.75 Å². The predicted octanol–water partition coefficient (Wildman–Crippen LogP) is 4.46. The summed E-state index contributed by atoms with van der Waals surface area (Å²) >= 11 is 1.10. The van der Waals surface area contributed by atoms with Gasteiger partial charge in [0.05, 0.1) is 12.3 Å². The summed E-state index contributed by atoms with van der Waals surface area (Å²) in [5.41, 5.74) is 2.07. The third-order valence-corrected chi connectivity index (χ3v) is 4.90. The predicted molar refractivity (Wildman–Crippen MR) is 108 cm³/mol. The molecule has 3 rings (SSSR count). The van der Waals surface area contributed by atoms with Gasteiger partial charge < -0.3 is 9.47 Å². The van der Waals surface area contributed by atoms with E-state index in [4.69, 9.17) is 9.47 Å². The Balaban J connectivity index is 1.60. The van der Waals surface area contributed by atoms with Crippen LogP contribution < -0.4 is 10.1 Å². The Bertz CT molecular complexity index is 952. The minimum Gasteiger partial charge on any atom is -0.489 e. The molecular formula is C21H20N2O4S. The molecule has 2 aromatic carbocycles. The maximum Gasteiger partial charge on any atom is 0.350 e. The van der Waals surface area contributed by atoms with Crippen molar-refractivity contribution in [3.63, 3.8) is 0 Å². The fourth-order valence-corrected chi connectivity index (χ4v) is 3.30. The maximum atomic E-state index is 12.4. The van der Waals surface area contributed by atoms with Gasteiger partial charge in [-0.15, -0.1) is 0 Å². The molecule has 3 aromatic rings. The zero-order chi connectivity index (χ0) is 19.9. The van der Waals surface area contributed by atoms with Crippen molar-refractivity contribution in [1.29, 1.82) is 0 Å². The number of nitrogens with zero attached hydrogens (tertiary/aromatic N) is 1. The number of thiazole rings is 1. The summed E-state index contributed by atoms with van der Waals surface area (Å²) in [5.74, 6) is -0.0632. The number of hydrogen-bond donors (Lipinski definition) is 1. The minimum absolute atomic E-state index is 0.288. The molecule has 1 aromatic heterocycles. The lowest BCUT2D eigenvalue weighted by atomic mass is 10.2. The van der Waals surface area contributed by atoms with Gasteiger partial charge in [-0.2, -0.15) is 0 Å². The van der Waals surface area contributed by atoms with Gasteiger partial charge in [0.15, 0.2) is 5.13 Å². The zero-order valence-electron chi connectivity index (χ0n) is 15.6. The first-order valence-corrected chi connectivity index (χ1v) is 9.61. The summed E-state index contributed by atoms with van der Waals surface area (Å²) in [6.07, 6.45) is 0. The first-order chi connectivity index (χ1) is 13.6. The number of carbonyl (C=O) groups excluding carboxylic acids is 2. The fourth-order valence-electron chi connectivity index (χ4n) is 2.45. The van der Waals surface area contributed by atoms with Crippen molar-refractivity contribution >= 4 is 28.3 Å². The zero-order valence-corrected chi connectivity index (χ0v) is 16.4. The lowest BCUT2D eigenvalue weighted by Crippen LogP contribution is -2.11. The molecule has 1 N–H and O–H groups in total. The van der Waals surface area contributed by atoms with E-state index in [1.54, 1.807) is 38.1 Å². The van der Waals surface area contributed by atoms with Crippen molar-refractivity contribution in [2.24, 2.45) is 0 Å². The highest BCUT2D eigenvalue weighted by Gasteiger charge is 2.18. The molecule has 1 amide bonds. The molecule has 0 spiro atoms. The van der Waals surface area contributed by atoms with Crippen LogP contribution in [0.25, 0.3) is 0 Å². The van der Waals surface area contributed by atoms with Crippen LogP contribution >= 0.6 is 11.3 Å². The van der Waals surface area contributed by atoms with Crippen LogP contribution in [0.4, 0.5) is 5.13 Å². The number of amides is 1. The van der Waals surface area contributed by atoms with Gasteiger partial charge >= 0.3 is 5.97 Å². The largest absolute Gasteiger partial charge is 0.489 e. The number of hydrogen-bond acceptors (Lipinski definition) is 6. The van der Waals surface area contributed by atoms with Crippen LogP contribution in [0.15, 0.2) is 54.6 Å². The Morgan fingerprint density at radius 3 is 2.46 bits per heavy atom. The summed E-state index contributed by atoms with van der Waals surface area (Å²) in [6, 6.07) is 16.7. The summed E-state index contributed by atoms with van der Waals surface area (Å²) in [4.78, 5) is 28.9. The average Bonchev–Trinajstić information content (AvgIpc) is 3.08. The quantitative estimate of drug-likeness (QED) is 0.597. The molecule has 0 bridgehead atoms. The monoisotopic (exact) mass is 396 g/mol. The number of nitrogens with one attached hydrogen (secondary N) is 1. The number of benzene rings is 2. The average molecular weight is 396 g/mol. The van der Waals surface area contributed by atoms with Gasteiger partial charge in [0.25, 0.3) is 5.91 Å². The first-order valence-electron chi connectivity index (χ1n) is 8.79. The van der Waals surface area contributed by atoms with Gasteiger partial charge in [-0.25, -0.2) is 9.78 Å². The highest BCUT2D eigenvalue weighted by Crippen LogP contribution is 2.24. The van der Waals surface area contributed by atoms with Crippen LogP contribution in [0.2, 0.25) is 0 Å². The van der Waals surface area contributed by atoms with Crippen LogP contribution in [0.5, 0.6) is 5.75 Å². The van der Waals surface area contributed by atoms with Gasteiger partial charge in [-0.3, -0.25) is 10.1 Å². The third-order valence-electron chi connectivity index (χ3n) is 3.84. The Kier molecular flexibility index (Phi) is 6.39. The van der Waals surface area contributed by atoms with E-state index in [0.717, 1.165) is 16.9 Å². The second-order valence-corrected chi connectivity index (χ2v) is 6.91. The van der Waals surface area contributed by atoms with E-state index in [1.807, 2.05) is 30.3 Å². The Labute approximate surface area is 167 Å². The van der Waals surface area contributed by atoms with E-state index in [0.29, 0.717) is 33.6 Å². The maximum absolute atomic E-state index is 12.4. The molecule has 28 heavy (non-hydrogen) atoms. The van der Waals surface area contributed by atoms with E-state index in [2.05, 4.69) is 10.3 Å². The summed E-state index contributed by atoms with van der Waals surface area (Å²) < 4.78 is 10.7. The molecule has 0 aliphatic rings. The lowest BCUT2D eigenvalue weighted by molar-refractivity contribution is 0.0531. The SMILES string of the molecule is CCOC(=O)c1sc(NC(=O)c2ccc(OCc3ccccc3)cc2)nc1C. The molecule has 6 nitrogen and oxygen atoms in total. The van der Waals surface area contributed by atoms with Crippen LogP contribution in [-0.4, -0.2) is 23.5 Å². The highest BCUT2D eigenvalue weighted by atomic mass is 32.1. The topological polar surface area (TPSA) is 77.5 Å². The second-order valence-electron chi connectivity index (χ2n) is 5.91. The van der Waals surface area contributed by atoms with E-state index in [1.165, 1.54) is 0 Å². The van der Waals surface area contributed by atoms with Crippen molar-refractivity contribution in [2.75, 3.05) is 11.9 Å². The summed E-state index contributed by atoms with van der Waals surface area (Å²) in [5, 5.41) is 3.07. The summed E-state index contributed by atoms with van der Waals surface area (Å²) in [6.45, 7) is 4.19. The Morgan fingerprint density at radius 1 is 1.07 bits per heavy atom. The van der Waals surface area contributed by atoms with Gasteiger partial charge in [-0.05, 0) is 43.7 Å². The molecule has 0 aliphatic carbocycles. The van der Waals surface area contributed by atoms with E-state index >= 15 is 0 Å². The van der Waals surface area contributed by atoms with Gasteiger partial charge in [0.1, 0.15) is 17.2 Å². The van der Waals surface area contributed by atoms with Crippen molar-refractivity contribution in [1.82, 2.24) is 4.98 Å². The molecule has 0 atom stereocenters. The smallest absolute Gasteiger partial charge is 0.350 e. The summed E-state index contributed by atoms with van der Waals surface area (Å²) in [7, 11) is 0. The molecular weight excluding hydrogens is 376 g/mol. The van der Waals surface area contributed by atoms with Gasteiger partial charge in [0, 0.05) is 5.56 Å². The van der Waals surface area contributed by atoms with Crippen LogP contribution in [0, 0.1) is 6.92 Å². The standard InChI is InChI=1S/C21H20N2O4S/c1-3-26-20(25)18-14(2)22-21(28-18)23-19(24)16-9-11-17(12-10-16)27-13-15-7-5-4-6-8-15/h4-12H,3,13H2,1-2H3,(H,22,23,24). The molecule has 7 heteroatoms. The highest BCUT2D eigenvalue weighted by molar-refractivity contribution is 7.17. The molecule has 1 heterocycles. The lowest BCUT2D eigenvalue weighted by Gasteiger charge is -2.07. The number of aromatic nitrogens is 1. The molecule has 0 unspecified atom stereocenters. The number of anilines is 1. The number of aryl methyl sites for hydroxylation is 1. The number of ether oxygens (including phenoxy) is 2. The number of esters is 1. The van der Waals surface area contributed by atoms with Gasteiger partial charge in [0.2, 0.25) is 0 Å². The van der Waals surface area contributed by atoms with Crippen LogP contribution in [0.3, 0.4) is 0 Å². The molecule has 0 aliphatic heterocycles. The molecule has 0 saturated heterocycles. The van der Waals surface area contributed by atoms with E-state index < -0.39 is 5.97 Å². The van der Waals surface area contributed by atoms with Gasteiger partial charge in [-0.1, -0.05) is 41.7 Å². The van der Waals surface area contributed by atoms with E-state index in [9.17, 15) is 9.59 Å². The normalized spacial score (nSPS) is 10.4. The van der Waals surface area contributed by atoms with Crippen LogP contribution in [0.1, 0.15) is 38.2 Å². The fraction of sp³-hybridized carbons (Fsp3) is 0.190. The van der Waals surface area contributed by atoms with Crippen LogP contribution in [-0.2, 0) is 11.3 Å². The molecule has 0 radical (unpaired) electrons. The number of rotatable bonds is 7. The molecule has 144 valence electrons. The van der Waals surface area contributed by atoms with E-state index in [-0.39, 0.29) is 12.5 Å². The minimum atomic E-state index is -0.432. The second kappa shape index (κ2) is 9.14. The molecule has 0 fully saturated rings. The van der Waals surface area contributed by atoms with Crippen molar-refractivity contribution in [2.45, 2.75) is 20.5 Å². The Morgan fingerprint density at radius 2 is 1.79 bits per heavy atom. The van der Waals surface area contributed by atoms with Crippen molar-refractivity contribution in [3.05, 3.63) is 76.3 Å². The third kappa shape index (κ3) is 4.95. The number of carbonyl (C=O) groups is 2.